The molecule has 22 heavy (non-hydrogen) atoms. The Morgan fingerprint density at radius 2 is 1.95 bits per heavy atom. The molecule has 2 aliphatic heterocycles. The van der Waals surface area contributed by atoms with Crippen LogP contribution in [0.1, 0.15) is 24.4 Å². The quantitative estimate of drug-likeness (QED) is 0.895. The van der Waals surface area contributed by atoms with Gasteiger partial charge in [0.1, 0.15) is 11.6 Å². The number of hydrogen-bond acceptors (Lipinski definition) is 4. The largest absolute Gasteiger partial charge is 0.506 e. The lowest BCUT2D eigenvalue weighted by molar-refractivity contribution is 0.0196. The molecule has 2 saturated heterocycles. The van der Waals surface area contributed by atoms with Crippen LogP contribution >= 0.6 is 11.6 Å². The van der Waals surface area contributed by atoms with Crippen molar-refractivity contribution in [1.82, 2.24) is 10.2 Å². The summed E-state index contributed by atoms with van der Waals surface area (Å²) in [5, 5.41) is 13.9. The lowest BCUT2D eigenvalue weighted by Crippen LogP contribution is -2.47. The molecule has 2 aliphatic rings. The zero-order valence-corrected chi connectivity index (χ0v) is 13.3. The second-order valence-corrected chi connectivity index (χ2v) is 6.38. The molecule has 0 aromatic heterocycles. The Kier molecular flexibility index (Phi) is 5.18. The molecule has 0 amide bonds. The Morgan fingerprint density at radius 1 is 1.27 bits per heavy atom. The number of hydrogen-bond donors (Lipinski definition) is 2. The molecule has 6 heteroatoms. The van der Waals surface area contributed by atoms with Crippen LogP contribution < -0.4 is 5.32 Å². The van der Waals surface area contributed by atoms with Gasteiger partial charge in [0.25, 0.3) is 0 Å². The molecule has 3 rings (SSSR count). The summed E-state index contributed by atoms with van der Waals surface area (Å²) in [4.78, 5) is 2.26. The highest BCUT2D eigenvalue weighted by Crippen LogP contribution is 2.42. The highest BCUT2D eigenvalue weighted by Gasteiger charge is 2.35. The first kappa shape index (κ1) is 16.0. The highest BCUT2D eigenvalue weighted by atomic mass is 35.5. The van der Waals surface area contributed by atoms with E-state index in [1.54, 1.807) is 0 Å². The third-order valence-corrected chi connectivity index (χ3v) is 4.97. The van der Waals surface area contributed by atoms with Gasteiger partial charge in [0.15, 0.2) is 0 Å². The van der Waals surface area contributed by atoms with Gasteiger partial charge in [-0.3, -0.25) is 4.90 Å². The standard InChI is InChI=1S/C16H22ClFN2O2/c17-12-1-2-13(18)14(16(12)21)15(11-3-9-22-10-4-11)20-7-5-19-6-8-20/h1-2,11,15,19,21H,3-10H2/t15-/m0/s1. The number of piperazine rings is 1. The molecule has 122 valence electrons. The van der Waals surface area contributed by atoms with Gasteiger partial charge in [-0.05, 0) is 30.9 Å². The van der Waals surface area contributed by atoms with Gasteiger partial charge in [0.05, 0.1) is 5.02 Å². The Morgan fingerprint density at radius 3 is 2.64 bits per heavy atom. The summed E-state index contributed by atoms with van der Waals surface area (Å²) in [6, 6.07) is 2.62. The smallest absolute Gasteiger partial charge is 0.141 e. The van der Waals surface area contributed by atoms with Crippen molar-refractivity contribution < 1.29 is 14.2 Å². The SMILES string of the molecule is Oc1c(Cl)ccc(F)c1[C@H](C1CCOCC1)N1CCNCC1. The van der Waals surface area contributed by atoms with Crippen molar-refractivity contribution in [3.8, 4) is 5.75 Å². The van der Waals surface area contributed by atoms with E-state index in [4.69, 9.17) is 16.3 Å². The molecule has 0 spiro atoms. The van der Waals surface area contributed by atoms with Crippen LogP contribution in [0.25, 0.3) is 0 Å². The predicted octanol–water partition coefficient (Wildman–Crippen LogP) is 2.56. The van der Waals surface area contributed by atoms with Crippen molar-refractivity contribution in [3.05, 3.63) is 28.5 Å². The number of halogens is 2. The highest BCUT2D eigenvalue weighted by molar-refractivity contribution is 6.32. The van der Waals surface area contributed by atoms with Crippen LogP contribution in [0.5, 0.6) is 5.75 Å². The number of rotatable bonds is 3. The van der Waals surface area contributed by atoms with Crippen LogP contribution in [0.2, 0.25) is 5.02 Å². The molecule has 0 aliphatic carbocycles. The summed E-state index contributed by atoms with van der Waals surface area (Å²) in [7, 11) is 0. The third kappa shape index (κ3) is 3.23. The van der Waals surface area contributed by atoms with E-state index in [0.29, 0.717) is 18.8 Å². The van der Waals surface area contributed by atoms with Gasteiger partial charge in [-0.25, -0.2) is 4.39 Å². The van der Waals surface area contributed by atoms with Crippen LogP contribution in [0.4, 0.5) is 4.39 Å². The summed E-state index contributed by atoms with van der Waals surface area (Å²) in [5.74, 6) is -0.223. The maximum absolute atomic E-state index is 14.5. The van der Waals surface area contributed by atoms with E-state index in [1.165, 1.54) is 12.1 Å². The van der Waals surface area contributed by atoms with Gasteiger partial charge in [-0.15, -0.1) is 0 Å². The molecule has 0 bridgehead atoms. The summed E-state index contributed by atoms with van der Waals surface area (Å²) >= 11 is 6.04. The summed E-state index contributed by atoms with van der Waals surface area (Å²) in [6.07, 6.45) is 1.75. The van der Waals surface area contributed by atoms with Gasteiger partial charge in [-0.2, -0.15) is 0 Å². The number of benzene rings is 1. The van der Waals surface area contributed by atoms with Crippen LogP contribution in [-0.2, 0) is 4.74 Å². The summed E-state index contributed by atoms with van der Waals surface area (Å²) in [6.45, 7) is 4.82. The van der Waals surface area contributed by atoms with Crippen LogP contribution in [0.3, 0.4) is 0 Å². The zero-order valence-electron chi connectivity index (χ0n) is 12.5. The average Bonchev–Trinajstić information content (AvgIpc) is 2.57. The fourth-order valence-electron chi connectivity index (χ4n) is 3.55. The second kappa shape index (κ2) is 7.13. The van der Waals surface area contributed by atoms with Gasteiger partial charge < -0.3 is 15.2 Å². The molecule has 0 saturated carbocycles. The molecular weight excluding hydrogens is 307 g/mol. The van der Waals surface area contributed by atoms with Crippen molar-refractivity contribution in [2.75, 3.05) is 39.4 Å². The number of aromatic hydroxyl groups is 1. The van der Waals surface area contributed by atoms with Gasteiger partial charge >= 0.3 is 0 Å². The number of phenols is 1. The van der Waals surface area contributed by atoms with Crippen molar-refractivity contribution in [2.45, 2.75) is 18.9 Å². The fraction of sp³-hybridized carbons (Fsp3) is 0.625. The van der Waals surface area contributed by atoms with Gasteiger partial charge in [-0.1, -0.05) is 11.6 Å². The Balaban J connectivity index is 1.98. The number of nitrogens with zero attached hydrogens (tertiary/aromatic N) is 1. The monoisotopic (exact) mass is 328 g/mol. The number of nitrogens with one attached hydrogen (secondary N) is 1. The van der Waals surface area contributed by atoms with Crippen molar-refractivity contribution in [1.29, 1.82) is 0 Å². The minimum Gasteiger partial charge on any atom is -0.506 e. The van der Waals surface area contributed by atoms with Crippen molar-refractivity contribution in [3.63, 3.8) is 0 Å². The lowest BCUT2D eigenvalue weighted by atomic mass is 9.85. The minimum absolute atomic E-state index is 0.114. The molecular formula is C16H22ClFN2O2. The fourth-order valence-corrected chi connectivity index (χ4v) is 3.71. The molecule has 1 atom stereocenters. The normalized spacial score (nSPS) is 22.6. The molecule has 2 N–H and O–H groups in total. The van der Waals surface area contributed by atoms with Crippen LogP contribution in [-0.4, -0.2) is 49.4 Å². The minimum atomic E-state index is -0.378. The van der Waals surface area contributed by atoms with E-state index in [-0.39, 0.29) is 28.5 Å². The maximum Gasteiger partial charge on any atom is 0.141 e. The summed E-state index contributed by atoms with van der Waals surface area (Å²) < 4.78 is 19.9. The van der Waals surface area contributed by atoms with E-state index < -0.39 is 0 Å². The molecule has 0 radical (unpaired) electrons. The maximum atomic E-state index is 14.5. The molecule has 1 aromatic rings. The predicted molar refractivity (Wildman–Crippen MR) is 83.8 cm³/mol. The van der Waals surface area contributed by atoms with Crippen LogP contribution in [0.15, 0.2) is 12.1 Å². The molecule has 1 aromatic carbocycles. The van der Waals surface area contributed by atoms with Gasteiger partial charge in [0.2, 0.25) is 0 Å². The summed E-state index contributed by atoms with van der Waals surface area (Å²) in [5.41, 5.74) is 0.348. The van der Waals surface area contributed by atoms with Crippen LogP contribution in [0, 0.1) is 11.7 Å². The Labute approximate surface area is 135 Å². The third-order valence-electron chi connectivity index (χ3n) is 4.67. The molecule has 0 unspecified atom stereocenters. The van der Waals surface area contributed by atoms with E-state index in [2.05, 4.69) is 10.2 Å². The Bertz CT molecular complexity index is 499. The Hall–Kier alpha value is -0.880. The molecule has 2 fully saturated rings. The number of ether oxygens (including phenoxy) is 1. The van der Waals surface area contributed by atoms with Crippen molar-refractivity contribution >= 4 is 11.6 Å². The molecule has 4 nitrogen and oxygen atoms in total. The first-order chi connectivity index (χ1) is 10.7. The molecule has 2 heterocycles. The number of phenolic OH excluding ortho intramolecular Hbond substituents is 1. The van der Waals surface area contributed by atoms with E-state index >= 15 is 0 Å². The topological polar surface area (TPSA) is 44.7 Å². The average molecular weight is 329 g/mol. The first-order valence-electron chi connectivity index (χ1n) is 7.88. The second-order valence-electron chi connectivity index (χ2n) is 5.97. The zero-order chi connectivity index (χ0) is 15.5. The van der Waals surface area contributed by atoms with Crippen molar-refractivity contribution in [2.24, 2.45) is 5.92 Å². The lowest BCUT2D eigenvalue weighted by Gasteiger charge is -2.41. The van der Waals surface area contributed by atoms with E-state index in [9.17, 15) is 9.50 Å². The van der Waals surface area contributed by atoms with E-state index in [1.807, 2.05) is 0 Å². The van der Waals surface area contributed by atoms with E-state index in [0.717, 1.165) is 39.0 Å². The van der Waals surface area contributed by atoms with Gasteiger partial charge in [0, 0.05) is 51.0 Å². The first-order valence-corrected chi connectivity index (χ1v) is 8.25.